The highest BCUT2D eigenvalue weighted by atomic mass is 32.2. The van der Waals surface area contributed by atoms with Crippen molar-refractivity contribution >= 4 is 43.7 Å². The standard InChI is InChI=1S/C19H24N4O10S2/c24-18(20-12-34(26,27)28)22-14-2-6-16(7-3-14)32-10-1-11-33-17-8-4-15(5-9-17)23-19(25)21-13-35(29,30)31/h2-9H,1,10-13H2,(H2,20,22,24)(H2,21,23,25)(H,26,27,28)(H,29,30,31). The van der Waals surface area contributed by atoms with Crippen molar-refractivity contribution in [1.82, 2.24) is 10.6 Å². The molecule has 0 spiro atoms. The topological polar surface area (TPSA) is 209 Å². The predicted octanol–water partition coefficient (Wildman–Crippen LogP) is 1.47. The highest BCUT2D eigenvalue weighted by Crippen LogP contribution is 2.17. The molecule has 0 fully saturated rings. The summed E-state index contributed by atoms with van der Waals surface area (Å²) in [5, 5.41) is 8.77. The molecule has 192 valence electrons. The van der Waals surface area contributed by atoms with Crippen LogP contribution in [-0.2, 0) is 20.2 Å². The molecule has 16 heteroatoms. The molecule has 0 unspecified atom stereocenters. The number of nitrogens with one attached hydrogen (secondary N) is 4. The SMILES string of the molecule is O=C(NCS(=O)(=O)O)Nc1ccc(OCCCOc2ccc(NC(=O)NCS(=O)(=O)O)cc2)cc1. The predicted molar refractivity (Wildman–Crippen MR) is 126 cm³/mol. The van der Waals surface area contributed by atoms with Crippen LogP contribution in [0.15, 0.2) is 48.5 Å². The number of hydrogen-bond acceptors (Lipinski definition) is 8. The lowest BCUT2D eigenvalue weighted by Gasteiger charge is -2.10. The lowest BCUT2D eigenvalue weighted by Crippen LogP contribution is -2.33. The second kappa shape index (κ2) is 12.7. The van der Waals surface area contributed by atoms with E-state index in [4.69, 9.17) is 18.6 Å². The fourth-order valence-electron chi connectivity index (χ4n) is 2.37. The lowest BCUT2D eigenvalue weighted by atomic mass is 10.3. The minimum atomic E-state index is -4.31. The molecule has 0 atom stereocenters. The smallest absolute Gasteiger partial charge is 0.320 e. The van der Waals surface area contributed by atoms with E-state index in [0.29, 0.717) is 42.5 Å². The summed E-state index contributed by atoms with van der Waals surface area (Å²) >= 11 is 0. The maximum Gasteiger partial charge on any atom is 0.320 e. The van der Waals surface area contributed by atoms with Crippen molar-refractivity contribution in [2.24, 2.45) is 0 Å². The molecule has 0 aliphatic rings. The van der Waals surface area contributed by atoms with E-state index in [9.17, 15) is 26.4 Å². The van der Waals surface area contributed by atoms with Gasteiger partial charge < -0.3 is 30.7 Å². The molecule has 2 aromatic carbocycles. The summed E-state index contributed by atoms with van der Waals surface area (Å²) in [6.45, 7) is 0.685. The quantitative estimate of drug-likeness (QED) is 0.171. The summed E-state index contributed by atoms with van der Waals surface area (Å²) in [7, 11) is -8.61. The molecule has 0 bridgehead atoms. The molecule has 14 nitrogen and oxygen atoms in total. The van der Waals surface area contributed by atoms with E-state index in [0.717, 1.165) is 0 Å². The van der Waals surface area contributed by atoms with E-state index < -0.39 is 44.1 Å². The Morgan fingerprint density at radius 1 is 0.657 bits per heavy atom. The second-order valence-corrected chi connectivity index (χ2v) is 9.72. The van der Waals surface area contributed by atoms with Gasteiger partial charge in [0.1, 0.15) is 23.3 Å². The van der Waals surface area contributed by atoms with E-state index in [1.165, 1.54) is 0 Å². The van der Waals surface area contributed by atoms with E-state index >= 15 is 0 Å². The van der Waals surface area contributed by atoms with Gasteiger partial charge in [-0.2, -0.15) is 16.8 Å². The van der Waals surface area contributed by atoms with Gasteiger partial charge in [0.15, 0.2) is 0 Å². The number of hydrogen-bond donors (Lipinski definition) is 6. The first-order valence-corrected chi connectivity index (χ1v) is 13.1. The van der Waals surface area contributed by atoms with Gasteiger partial charge in [-0.25, -0.2) is 9.59 Å². The zero-order valence-corrected chi connectivity index (χ0v) is 19.8. The van der Waals surface area contributed by atoms with Crippen LogP contribution in [0, 0.1) is 0 Å². The highest BCUT2D eigenvalue weighted by molar-refractivity contribution is 7.86. The molecule has 2 rings (SSSR count). The fraction of sp³-hybridized carbons (Fsp3) is 0.263. The zero-order chi connectivity index (χ0) is 25.9. The minimum absolute atomic E-state index is 0.342. The number of urea groups is 2. The Morgan fingerprint density at radius 2 is 1.00 bits per heavy atom. The van der Waals surface area contributed by atoms with Crippen LogP contribution < -0.4 is 30.7 Å². The summed E-state index contributed by atoms with van der Waals surface area (Å²) < 4.78 is 70.8. The van der Waals surface area contributed by atoms with Crippen molar-refractivity contribution in [3.05, 3.63) is 48.5 Å². The van der Waals surface area contributed by atoms with Gasteiger partial charge in [0, 0.05) is 17.8 Å². The molecule has 0 heterocycles. The Kier molecular flexibility index (Phi) is 10.1. The van der Waals surface area contributed by atoms with E-state index in [1.54, 1.807) is 48.5 Å². The summed E-state index contributed by atoms with van der Waals surface area (Å²) in [6.07, 6.45) is 0.552. The van der Waals surface area contributed by atoms with E-state index in [-0.39, 0.29) is 0 Å². The first kappa shape index (κ1) is 27.6. The summed E-state index contributed by atoms with van der Waals surface area (Å²) in [5.41, 5.74) is 0.782. The molecular weight excluding hydrogens is 508 g/mol. The van der Waals surface area contributed by atoms with Gasteiger partial charge in [-0.3, -0.25) is 9.11 Å². The third-order valence-corrected chi connectivity index (χ3v) is 4.90. The van der Waals surface area contributed by atoms with Crippen molar-refractivity contribution in [3.8, 4) is 11.5 Å². The van der Waals surface area contributed by atoms with Crippen molar-refractivity contribution in [1.29, 1.82) is 0 Å². The Bertz CT molecular complexity index is 1110. The molecule has 35 heavy (non-hydrogen) atoms. The number of carbonyl (C=O) groups is 2. The van der Waals surface area contributed by atoms with Crippen LogP contribution in [-0.4, -0.2) is 63.0 Å². The summed E-state index contributed by atoms with van der Waals surface area (Å²) in [5.74, 6) is -0.729. The van der Waals surface area contributed by atoms with Crippen LogP contribution in [0.2, 0.25) is 0 Å². The van der Waals surface area contributed by atoms with Crippen LogP contribution in [0.5, 0.6) is 11.5 Å². The molecule has 0 radical (unpaired) electrons. The van der Waals surface area contributed by atoms with Gasteiger partial charge in [-0.15, -0.1) is 0 Å². The van der Waals surface area contributed by atoms with Crippen LogP contribution in [0.4, 0.5) is 21.0 Å². The Labute approximate surface area is 201 Å². The molecule has 0 saturated carbocycles. The van der Waals surface area contributed by atoms with Crippen molar-refractivity contribution in [2.45, 2.75) is 6.42 Å². The van der Waals surface area contributed by atoms with Gasteiger partial charge >= 0.3 is 12.1 Å². The zero-order valence-electron chi connectivity index (χ0n) is 18.1. The van der Waals surface area contributed by atoms with Crippen molar-refractivity contribution in [2.75, 3.05) is 35.6 Å². The van der Waals surface area contributed by atoms with Gasteiger partial charge in [-0.05, 0) is 48.5 Å². The normalized spacial score (nSPS) is 11.3. The summed E-state index contributed by atoms with van der Waals surface area (Å²) in [6, 6.07) is 11.1. The average molecular weight is 533 g/mol. The third kappa shape index (κ3) is 12.4. The molecule has 4 amide bonds. The average Bonchev–Trinajstić information content (AvgIpc) is 2.77. The third-order valence-electron chi connectivity index (χ3n) is 3.88. The summed E-state index contributed by atoms with van der Waals surface area (Å²) in [4.78, 5) is 23.1. The molecule has 2 aromatic rings. The van der Waals surface area contributed by atoms with Crippen molar-refractivity contribution < 1.29 is 45.0 Å². The number of benzene rings is 2. The van der Waals surface area contributed by atoms with Crippen LogP contribution in [0.3, 0.4) is 0 Å². The molecule has 0 saturated heterocycles. The van der Waals surface area contributed by atoms with Gasteiger partial charge in [0.2, 0.25) is 0 Å². The number of ether oxygens (including phenoxy) is 2. The fourth-order valence-corrected chi connectivity index (χ4v) is 3.00. The lowest BCUT2D eigenvalue weighted by molar-refractivity contribution is 0.247. The van der Waals surface area contributed by atoms with Gasteiger partial charge in [0.05, 0.1) is 13.2 Å². The Morgan fingerprint density at radius 3 is 1.31 bits per heavy atom. The number of amides is 4. The van der Waals surface area contributed by atoms with Gasteiger partial charge in [0.25, 0.3) is 20.2 Å². The first-order chi connectivity index (χ1) is 16.4. The number of anilines is 2. The largest absolute Gasteiger partial charge is 0.493 e. The van der Waals surface area contributed by atoms with Crippen molar-refractivity contribution in [3.63, 3.8) is 0 Å². The van der Waals surface area contributed by atoms with Gasteiger partial charge in [-0.1, -0.05) is 0 Å². The minimum Gasteiger partial charge on any atom is -0.493 e. The first-order valence-electron chi connectivity index (χ1n) is 9.85. The number of carbonyl (C=O) groups excluding carboxylic acids is 2. The number of rotatable bonds is 12. The maximum absolute atomic E-state index is 11.5. The molecule has 0 aromatic heterocycles. The van der Waals surface area contributed by atoms with Crippen LogP contribution in [0.1, 0.15) is 6.42 Å². The second-order valence-electron chi connectivity index (χ2n) is 6.81. The molecule has 6 N–H and O–H groups in total. The highest BCUT2D eigenvalue weighted by Gasteiger charge is 2.09. The maximum atomic E-state index is 11.5. The Hall–Kier alpha value is -3.60. The Balaban J connectivity index is 1.64. The molecule has 0 aliphatic carbocycles. The van der Waals surface area contributed by atoms with E-state index in [2.05, 4.69) is 10.6 Å². The monoisotopic (exact) mass is 532 g/mol. The van der Waals surface area contributed by atoms with Crippen LogP contribution >= 0.6 is 0 Å². The molecular formula is C19H24N4O10S2. The van der Waals surface area contributed by atoms with E-state index in [1.807, 2.05) is 10.6 Å². The molecule has 0 aliphatic heterocycles. The van der Waals surface area contributed by atoms with Crippen LogP contribution in [0.25, 0.3) is 0 Å².